The molecule has 2 heterocycles. The van der Waals surface area contributed by atoms with Crippen LogP contribution >= 0.6 is 0 Å². The maximum atomic E-state index is 13.7. The first-order chi connectivity index (χ1) is 19.0. The molecular formula is C29H29FN6O3. The van der Waals surface area contributed by atoms with E-state index < -0.39 is 6.10 Å². The van der Waals surface area contributed by atoms with Crippen molar-refractivity contribution in [3.63, 3.8) is 0 Å². The molecule has 0 radical (unpaired) electrons. The standard InChI is InChI=1S/C29H29FN6O3/c30-26-8-4-7-24(15-26)20-39-27-17-34(14-13-22-5-2-1-3-6-22)28(37)19-35(18-27)29(38)25-11-9-23(10-12-25)16-36-21-31-32-33-36/h1-12,15,21,27H,13-14,16-20H2. The zero-order valence-electron chi connectivity index (χ0n) is 21.4. The van der Waals surface area contributed by atoms with Gasteiger partial charge in [0.25, 0.3) is 5.91 Å². The van der Waals surface area contributed by atoms with Crippen molar-refractivity contribution in [2.75, 3.05) is 26.2 Å². The van der Waals surface area contributed by atoms with Crippen LogP contribution in [0.4, 0.5) is 4.39 Å². The van der Waals surface area contributed by atoms with Crippen molar-refractivity contribution in [2.24, 2.45) is 0 Å². The minimum absolute atomic E-state index is 0.0418. The molecule has 4 aromatic rings. The van der Waals surface area contributed by atoms with Crippen LogP contribution in [0.5, 0.6) is 0 Å². The lowest BCUT2D eigenvalue weighted by Gasteiger charge is -2.25. The van der Waals surface area contributed by atoms with Crippen LogP contribution in [-0.4, -0.2) is 74.1 Å². The minimum atomic E-state index is -0.432. The Hall–Kier alpha value is -4.44. The number of carbonyl (C=O) groups excluding carboxylic acids is 2. The molecule has 2 amide bonds. The number of amides is 2. The molecule has 3 aromatic carbocycles. The average Bonchev–Trinajstić information content (AvgIpc) is 3.41. The Morgan fingerprint density at radius 3 is 2.49 bits per heavy atom. The van der Waals surface area contributed by atoms with E-state index in [1.165, 1.54) is 23.4 Å². The summed E-state index contributed by atoms with van der Waals surface area (Å²) in [7, 11) is 0. The quantitative estimate of drug-likeness (QED) is 0.332. The van der Waals surface area contributed by atoms with E-state index in [-0.39, 0.29) is 37.3 Å². The smallest absolute Gasteiger partial charge is 0.254 e. The first-order valence-electron chi connectivity index (χ1n) is 12.8. The lowest BCUT2D eigenvalue weighted by molar-refractivity contribution is -0.131. The summed E-state index contributed by atoms with van der Waals surface area (Å²) < 4.78 is 21.4. The van der Waals surface area contributed by atoms with Crippen LogP contribution in [-0.2, 0) is 29.1 Å². The van der Waals surface area contributed by atoms with Gasteiger partial charge in [-0.1, -0.05) is 54.6 Å². The Bertz CT molecular complexity index is 1380. The molecule has 1 atom stereocenters. The molecule has 1 fully saturated rings. The molecule has 0 N–H and O–H groups in total. The molecule has 0 saturated carbocycles. The molecule has 1 aliphatic heterocycles. The number of hydrogen-bond acceptors (Lipinski definition) is 6. The van der Waals surface area contributed by atoms with Crippen molar-refractivity contribution in [2.45, 2.75) is 25.7 Å². The lowest BCUT2D eigenvalue weighted by Crippen LogP contribution is -2.40. The molecule has 5 rings (SSSR count). The summed E-state index contributed by atoms with van der Waals surface area (Å²) in [6, 6.07) is 23.4. The molecule has 9 nitrogen and oxygen atoms in total. The molecule has 0 bridgehead atoms. The normalized spacial score (nSPS) is 15.8. The third kappa shape index (κ3) is 7.11. The van der Waals surface area contributed by atoms with Crippen LogP contribution in [0.1, 0.15) is 27.0 Å². The Kier molecular flexibility index (Phi) is 8.33. The Morgan fingerprint density at radius 2 is 1.74 bits per heavy atom. The summed E-state index contributed by atoms with van der Waals surface area (Å²) in [5.41, 5.74) is 3.23. The highest BCUT2D eigenvalue weighted by Gasteiger charge is 2.31. The SMILES string of the molecule is O=C1CN(C(=O)c2ccc(Cn3cnnn3)cc2)CC(OCc2cccc(F)c2)CN1CCc1ccccc1. The van der Waals surface area contributed by atoms with Crippen molar-refractivity contribution in [1.82, 2.24) is 30.0 Å². The topological polar surface area (TPSA) is 93.5 Å². The molecule has 1 aliphatic rings. The maximum Gasteiger partial charge on any atom is 0.254 e. The van der Waals surface area contributed by atoms with Gasteiger partial charge in [0, 0.05) is 25.2 Å². The first-order valence-corrected chi connectivity index (χ1v) is 12.8. The van der Waals surface area contributed by atoms with Gasteiger partial charge >= 0.3 is 0 Å². The maximum absolute atomic E-state index is 13.7. The lowest BCUT2D eigenvalue weighted by atomic mass is 10.1. The highest BCUT2D eigenvalue weighted by atomic mass is 19.1. The number of carbonyl (C=O) groups is 2. The fourth-order valence-electron chi connectivity index (χ4n) is 4.58. The van der Waals surface area contributed by atoms with E-state index in [1.54, 1.807) is 33.8 Å². The largest absolute Gasteiger partial charge is 0.370 e. The van der Waals surface area contributed by atoms with Crippen molar-refractivity contribution < 1.29 is 18.7 Å². The monoisotopic (exact) mass is 528 g/mol. The summed E-state index contributed by atoms with van der Waals surface area (Å²) in [6.45, 7) is 1.72. The third-order valence-corrected chi connectivity index (χ3v) is 6.64. The van der Waals surface area contributed by atoms with Crippen molar-refractivity contribution in [1.29, 1.82) is 0 Å². The van der Waals surface area contributed by atoms with Crippen LogP contribution in [0.3, 0.4) is 0 Å². The number of aromatic nitrogens is 4. The predicted octanol–water partition coefficient (Wildman–Crippen LogP) is 2.97. The second kappa shape index (κ2) is 12.4. The van der Waals surface area contributed by atoms with Gasteiger partial charge in [0.2, 0.25) is 5.91 Å². The van der Waals surface area contributed by atoms with Gasteiger partial charge < -0.3 is 14.5 Å². The van der Waals surface area contributed by atoms with Crippen LogP contribution < -0.4 is 0 Å². The summed E-state index contributed by atoms with van der Waals surface area (Å²) in [5.74, 6) is -0.718. The van der Waals surface area contributed by atoms with Gasteiger partial charge in [0.1, 0.15) is 18.7 Å². The zero-order chi connectivity index (χ0) is 27.0. The van der Waals surface area contributed by atoms with Gasteiger partial charge in [-0.2, -0.15) is 0 Å². The predicted molar refractivity (Wildman–Crippen MR) is 141 cm³/mol. The average molecular weight is 529 g/mol. The number of ether oxygens (including phenoxy) is 1. The van der Waals surface area contributed by atoms with Crippen LogP contribution in [0.2, 0.25) is 0 Å². The fraction of sp³-hybridized carbons (Fsp3) is 0.276. The number of hydrogen-bond donors (Lipinski definition) is 0. The summed E-state index contributed by atoms with van der Waals surface area (Å²) in [5, 5.41) is 11.1. The minimum Gasteiger partial charge on any atom is -0.370 e. The van der Waals surface area contributed by atoms with E-state index in [2.05, 4.69) is 15.5 Å². The first kappa shape index (κ1) is 26.2. The molecule has 0 aliphatic carbocycles. The Balaban J connectivity index is 1.30. The molecule has 10 heteroatoms. The summed E-state index contributed by atoms with van der Waals surface area (Å²) in [6.07, 6.45) is 1.79. The molecule has 39 heavy (non-hydrogen) atoms. The molecule has 200 valence electrons. The van der Waals surface area contributed by atoms with Gasteiger partial charge in [-0.25, -0.2) is 9.07 Å². The summed E-state index contributed by atoms with van der Waals surface area (Å²) in [4.78, 5) is 30.1. The number of halogens is 1. The van der Waals surface area contributed by atoms with E-state index in [9.17, 15) is 14.0 Å². The molecule has 1 saturated heterocycles. The number of tetrazole rings is 1. The van der Waals surface area contributed by atoms with E-state index in [0.29, 0.717) is 37.2 Å². The molecular weight excluding hydrogens is 499 g/mol. The van der Waals surface area contributed by atoms with Crippen LogP contribution in [0.25, 0.3) is 0 Å². The van der Waals surface area contributed by atoms with Gasteiger partial charge in [0.05, 0.1) is 19.3 Å². The van der Waals surface area contributed by atoms with Gasteiger partial charge in [0.15, 0.2) is 0 Å². The van der Waals surface area contributed by atoms with Crippen molar-refractivity contribution in [3.8, 4) is 0 Å². The third-order valence-electron chi connectivity index (χ3n) is 6.64. The Morgan fingerprint density at radius 1 is 0.949 bits per heavy atom. The van der Waals surface area contributed by atoms with E-state index in [4.69, 9.17) is 4.74 Å². The second-order valence-electron chi connectivity index (χ2n) is 9.53. The number of nitrogens with zero attached hydrogens (tertiary/aromatic N) is 6. The van der Waals surface area contributed by atoms with Crippen molar-refractivity contribution >= 4 is 11.8 Å². The van der Waals surface area contributed by atoms with E-state index in [1.807, 2.05) is 42.5 Å². The van der Waals surface area contributed by atoms with Gasteiger partial charge in [-0.05, 0) is 57.8 Å². The van der Waals surface area contributed by atoms with Gasteiger partial charge in [-0.3, -0.25) is 9.59 Å². The molecule has 0 spiro atoms. The van der Waals surface area contributed by atoms with Gasteiger partial charge in [-0.15, -0.1) is 5.10 Å². The molecule has 1 aromatic heterocycles. The van der Waals surface area contributed by atoms with Crippen LogP contribution in [0, 0.1) is 5.82 Å². The van der Waals surface area contributed by atoms with Crippen molar-refractivity contribution in [3.05, 3.63) is 113 Å². The highest BCUT2D eigenvalue weighted by Crippen LogP contribution is 2.16. The summed E-state index contributed by atoms with van der Waals surface area (Å²) >= 11 is 0. The number of benzene rings is 3. The fourth-order valence-corrected chi connectivity index (χ4v) is 4.58. The van der Waals surface area contributed by atoms with E-state index in [0.717, 1.165) is 11.1 Å². The second-order valence-corrected chi connectivity index (χ2v) is 9.53. The highest BCUT2D eigenvalue weighted by molar-refractivity contribution is 5.96. The van der Waals surface area contributed by atoms with E-state index >= 15 is 0 Å². The Labute approximate surface area is 225 Å². The number of rotatable bonds is 9. The van der Waals surface area contributed by atoms with Crippen LogP contribution in [0.15, 0.2) is 85.2 Å². The zero-order valence-corrected chi connectivity index (χ0v) is 21.4. The molecule has 1 unspecified atom stereocenters.